The third kappa shape index (κ3) is 5.45. The summed E-state index contributed by atoms with van der Waals surface area (Å²) < 4.78 is 19.1. The third-order valence-corrected chi connectivity index (χ3v) is 6.60. The maximum atomic E-state index is 13.6. The average molecular weight is 504 g/mol. The summed E-state index contributed by atoms with van der Waals surface area (Å²) in [6.45, 7) is 1.39. The van der Waals surface area contributed by atoms with Crippen LogP contribution in [0.15, 0.2) is 65.7 Å². The van der Waals surface area contributed by atoms with Crippen LogP contribution in [-0.4, -0.2) is 54.7 Å². The number of ether oxygens (including phenoxy) is 3. The number of amides is 2. The Kier molecular flexibility index (Phi) is 7.11. The van der Waals surface area contributed by atoms with Crippen LogP contribution in [0.2, 0.25) is 0 Å². The molecule has 3 aliphatic heterocycles. The SMILES string of the molecule is COc1cc2c3cc1OCC(=O)NCCCOc1cccc(c1)C2N(C(=O)Cn1ccc(=O)cc1)CC3. The fourth-order valence-electron chi connectivity index (χ4n) is 4.78. The molecule has 0 spiro atoms. The van der Waals surface area contributed by atoms with Gasteiger partial charge in [0.2, 0.25) is 5.91 Å². The molecule has 0 fully saturated rings. The first-order valence-electron chi connectivity index (χ1n) is 12.3. The number of nitrogens with zero attached hydrogens (tertiary/aromatic N) is 2. The average Bonchev–Trinajstić information content (AvgIpc) is 2.91. The summed E-state index contributed by atoms with van der Waals surface area (Å²) in [7, 11) is 1.55. The normalized spacial score (nSPS) is 17.4. The van der Waals surface area contributed by atoms with Crippen molar-refractivity contribution in [3.8, 4) is 17.2 Å². The largest absolute Gasteiger partial charge is 0.494 e. The zero-order valence-electron chi connectivity index (χ0n) is 20.6. The van der Waals surface area contributed by atoms with E-state index in [9.17, 15) is 14.4 Å². The highest BCUT2D eigenvalue weighted by Crippen LogP contribution is 2.42. The molecule has 3 aromatic rings. The van der Waals surface area contributed by atoms with Gasteiger partial charge in [0.1, 0.15) is 12.3 Å². The Balaban J connectivity index is 1.57. The number of hydrogen-bond donors (Lipinski definition) is 1. The van der Waals surface area contributed by atoms with Gasteiger partial charge in [0.05, 0.1) is 19.8 Å². The van der Waals surface area contributed by atoms with Crippen LogP contribution in [0.4, 0.5) is 0 Å². The lowest BCUT2D eigenvalue weighted by atomic mass is 9.87. The third-order valence-electron chi connectivity index (χ3n) is 6.60. The molecule has 4 heterocycles. The number of benzene rings is 2. The van der Waals surface area contributed by atoms with Crippen LogP contribution in [0, 0.1) is 0 Å². The summed E-state index contributed by atoms with van der Waals surface area (Å²) in [6, 6.07) is 14.1. The van der Waals surface area contributed by atoms with Gasteiger partial charge < -0.3 is 29.0 Å². The minimum Gasteiger partial charge on any atom is -0.494 e. The van der Waals surface area contributed by atoms with Crippen LogP contribution < -0.4 is 25.0 Å². The molecule has 2 amide bonds. The molecule has 9 nitrogen and oxygen atoms in total. The molecule has 3 aliphatic rings. The number of hydrogen-bond acceptors (Lipinski definition) is 6. The molecule has 6 rings (SSSR count). The van der Waals surface area contributed by atoms with Crippen LogP contribution in [0.3, 0.4) is 0 Å². The van der Waals surface area contributed by atoms with Gasteiger partial charge in [-0.05, 0) is 53.8 Å². The molecule has 9 heteroatoms. The van der Waals surface area contributed by atoms with E-state index in [1.54, 1.807) is 24.1 Å². The maximum Gasteiger partial charge on any atom is 0.257 e. The molecule has 1 atom stereocenters. The Morgan fingerprint density at radius 1 is 1.11 bits per heavy atom. The molecule has 0 aliphatic carbocycles. The highest BCUT2D eigenvalue weighted by atomic mass is 16.5. The summed E-state index contributed by atoms with van der Waals surface area (Å²) in [4.78, 5) is 39.2. The predicted molar refractivity (Wildman–Crippen MR) is 136 cm³/mol. The van der Waals surface area contributed by atoms with Gasteiger partial charge in [-0.1, -0.05) is 12.1 Å². The van der Waals surface area contributed by atoms with Crippen molar-refractivity contribution < 1.29 is 23.8 Å². The van der Waals surface area contributed by atoms with Gasteiger partial charge >= 0.3 is 0 Å². The van der Waals surface area contributed by atoms with Crippen molar-refractivity contribution >= 4 is 11.8 Å². The monoisotopic (exact) mass is 503 g/mol. The lowest BCUT2D eigenvalue weighted by molar-refractivity contribution is -0.134. The summed E-state index contributed by atoms with van der Waals surface area (Å²) >= 11 is 0. The minimum absolute atomic E-state index is 0.0732. The van der Waals surface area contributed by atoms with E-state index in [-0.39, 0.29) is 36.4 Å². The fourth-order valence-corrected chi connectivity index (χ4v) is 4.78. The molecule has 6 bridgehead atoms. The van der Waals surface area contributed by atoms with E-state index in [0.717, 1.165) is 16.7 Å². The molecule has 1 unspecified atom stereocenters. The summed E-state index contributed by atoms with van der Waals surface area (Å²) in [6.07, 6.45) is 4.50. The lowest BCUT2D eigenvalue weighted by Crippen LogP contribution is -2.42. The van der Waals surface area contributed by atoms with E-state index >= 15 is 0 Å². The van der Waals surface area contributed by atoms with Crippen molar-refractivity contribution in [1.82, 2.24) is 14.8 Å². The van der Waals surface area contributed by atoms with Crippen LogP contribution in [-0.2, 0) is 22.6 Å². The standard InChI is InChI=1S/C28H29N3O6/c1-35-24-16-23-19-6-12-31(27(34)17-30-10-7-21(32)8-11-30)28(23)20-4-2-5-22(14-20)36-13-3-9-29-26(33)18-37-25(24)15-19/h2,4-5,7-8,10-11,14-16,28H,3,6,9,12-13,17-18H2,1H3,(H,29,33). The van der Waals surface area contributed by atoms with Crippen molar-refractivity contribution in [2.24, 2.45) is 0 Å². The highest BCUT2D eigenvalue weighted by Gasteiger charge is 2.33. The quantitative estimate of drug-likeness (QED) is 0.589. The van der Waals surface area contributed by atoms with E-state index < -0.39 is 0 Å². The van der Waals surface area contributed by atoms with Gasteiger partial charge in [-0.2, -0.15) is 0 Å². The number of aromatic nitrogens is 1. The second-order valence-corrected chi connectivity index (χ2v) is 9.06. The zero-order chi connectivity index (χ0) is 25.8. The number of carbonyl (C=O) groups is 2. The molecule has 37 heavy (non-hydrogen) atoms. The molecule has 0 saturated carbocycles. The van der Waals surface area contributed by atoms with Crippen LogP contribution in [0.5, 0.6) is 17.2 Å². The first-order chi connectivity index (χ1) is 18.0. The van der Waals surface area contributed by atoms with E-state index in [4.69, 9.17) is 14.2 Å². The van der Waals surface area contributed by atoms with Crippen molar-refractivity contribution in [3.63, 3.8) is 0 Å². The van der Waals surface area contributed by atoms with Crippen LogP contribution in [0.25, 0.3) is 0 Å². The fraction of sp³-hybridized carbons (Fsp3) is 0.321. The Morgan fingerprint density at radius 2 is 1.95 bits per heavy atom. The van der Waals surface area contributed by atoms with Gasteiger partial charge in [0.25, 0.3) is 5.91 Å². The molecular formula is C28H29N3O6. The van der Waals surface area contributed by atoms with Crippen molar-refractivity contribution in [1.29, 1.82) is 0 Å². The van der Waals surface area contributed by atoms with Gasteiger partial charge in [0, 0.05) is 37.6 Å². The second-order valence-electron chi connectivity index (χ2n) is 9.06. The van der Waals surface area contributed by atoms with Crippen molar-refractivity contribution in [2.75, 3.05) is 33.4 Å². The number of nitrogens with one attached hydrogen (secondary N) is 1. The minimum atomic E-state index is -0.377. The van der Waals surface area contributed by atoms with E-state index in [2.05, 4.69) is 5.32 Å². The number of methoxy groups -OCH3 is 1. The van der Waals surface area contributed by atoms with E-state index in [1.807, 2.05) is 41.3 Å². The van der Waals surface area contributed by atoms with Crippen LogP contribution in [0.1, 0.15) is 29.2 Å². The zero-order valence-corrected chi connectivity index (χ0v) is 20.6. The summed E-state index contributed by atoms with van der Waals surface area (Å²) in [5, 5.41) is 2.84. The number of fused-ring (bicyclic) bond motifs is 8. The van der Waals surface area contributed by atoms with Gasteiger partial charge in [-0.3, -0.25) is 14.4 Å². The Bertz CT molecular complexity index is 1350. The lowest BCUT2D eigenvalue weighted by Gasteiger charge is -2.38. The Morgan fingerprint density at radius 3 is 2.76 bits per heavy atom. The Hall–Kier alpha value is -4.27. The van der Waals surface area contributed by atoms with E-state index in [1.165, 1.54) is 12.1 Å². The smallest absolute Gasteiger partial charge is 0.257 e. The maximum absolute atomic E-state index is 13.6. The first-order valence-corrected chi connectivity index (χ1v) is 12.3. The molecule has 1 aromatic heterocycles. The summed E-state index contributed by atoms with van der Waals surface area (Å²) in [5.74, 6) is 1.39. The number of carbonyl (C=O) groups excluding carboxylic acids is 2. The van der Waals surface area contributed by atoms with E-state index in [0.29, 0.717) is 49.8 Å². The second kappa shape index (κ2) is 10.8. The van der Waals surface area contributed by atoms with Crippen molar-refractivity contribution in [3.05, 3.63) is 87.8 Å². The first kappa shape index (κ1) is 24.4. The topological polar surface area (TPSA) is 99.1 Å². The molecule has 0 radical (unpaired) electrons. The van der Waals surface area contributed by atoms with Crippen molar-refractivity contribution in [2.45, 2.75) is 25.4 Å². The molecule has 1 N–H and O–H groups in total. The van der Waals surface area contributed by atoms with Gasteiger partial charge in [-0.25, -0.2) is 0 Å². The number of pyridine rings is 1. The summed E-state index contributed by atoms with van der Waals surface area (Å²) in [5.41, 5.74) is 2.76. The predicted octanol–water partition coefficient (Wildman–Crippen LogP) is 2.31. The van der Waals surface area contributed by atoms with Crippen LogP contribution >= 0.6 is 0 Å². The molecule has 0 saturated heterocycles. The van der Waals surface area contributed by atoms with Gasteiger partial charge in [-0.15, -0.1) is 0 Å². The molecular weight excluding hydrogens is 474 g/mol. The molecule has 2 aromatic carbocycles. The number of rotatable bonds is 3. The Labute approximate surface area is 214 Å². The highest BCUT2D eigenvalue weighted by molar-refractivity contribution is 5.78. The van der Waals surface area contributed by atoms with Gasteiger partial charge in [0.15, 0.2) is 23.5 Å². The molecule has 192 valence electrons.